The number of fused-ring (bicyclic) bond motifs is 1. The van der Waals surface area contributed by atoms with E-state index in [1.165, 1.54) is 4.90 Å². The third kappa shape index (κ3) is 6.03. The van der Waals surface area contributed by atoms with Gasteiger partial charge in [0.2, 0.25) is 12.8 Å². The number of benzene rings is 3. The summed E-state index contributed by atoms with van der Waals surface area (Å²) in [6.07, 6.45) is 0.435. The molecule has 1 fully saturated rings. The first-order chi connectivity index (χ1) is 21.8. The number of carbonyl (C=O) groups is 2. The summed E-state index contributed by atoms with van der Waals surface area (Å²) in [6.45, 7) is 3.42. The number of amides is 2. The summed E-state index contributed by atoms with van der Waals surface area (Å²) in [5.74, 6) is 0.994. The van der Waals surface area contributed by atoms with Crippen molar-refractivity contribution in [1.82, 2.24) is 15.3 Å². The molecule has 0 aliphatic carbocycles. The predicted molar refractivity (Wildman–Crippen MR) is 164 cm³/mol. The number of oxazole rings is 1. The van der Waals surface area contributed by atoms with Gasteiger partial charge in [0.1, 0.15) is 23.2 Å². The van der Waals surface area contributed by atoms with E-state index in [0.29, 0.717) is 56.4 Å². The van der Waals surface area contributed by atoms with Crippen molar-refractivity contribution in [2.45, 2.75) is 25.9 Å². The van der Waals surface area contributed by atoms with E-state index in [1.807, 2.05) is 26.0 Å². The van der Waals surface area contributed by atoms with Gasteiger partial charge in [-0.05, 0) is 60.5 Å². The van der Waals surface area contributed by atoms with Gasteiger partial charge in [0.05, 0.1) is 24.7 Å². The molecular weight excluding hydrogens is 577 g/mol. The highest BCUT2D eigenvalue weighted by Crippen LogP contribution is 2.32. The largest absolute Gasteiger partial charge is 0.462 e. The molecule has 45 heavy (non-hydrogen) atoms. The van der Waals surface area contributed by atoms with Gasteiger partial charge in [0, 0.05) is 34.0 Å². The van der Waals surface area contributed by atoms with Crippen LogP contribution in [0.4, 0.5) is 15.0 Å². The molecule has 10 nitrogen and oxygen atoms in total. The van der Waals surface area contributed by atoms with E-state index in [9.17, 15) is 19.2 Å². The molecule has 0 unspecified atom stereocenters. The smallest absolute Gasteiger partial charge is 0.416 e. The fraction of sp³-hybridized carbons (Fsp3) is 0.206. The number of nitriles is 1. The second-order valence-corrected chi connectivity index (χ2v) is 10.8. The summed E-state index contributed by atoms with van der Waals surface area (Å²) in [5, 5.41) is 12.2. The minimum atomic E-state index is -0.948. The Morgan fingerprint density at radius 2 is 1.91 bits per heavy atom. The lowest BCUT2D eigenvalue weighted by atomic mass is 10.00. The van der Waals surface area contributed by atoms with Crippen LogP contribution in [0.25, 0.3) is 33.7 Å². The fourth-order valence-electron chi connectivity index (χ4n) is 5.16. The number of anilines is 1. The molecule has 0 radical (unpaired) electrons. The van der Waals surface area contributed by atoms with Gasteiger partial charge in [-0.15, -0.1) is 0 Å². The Hall–Kier alpha value is -5.76. The Morgan fingerprint density at radius 1 is 1.13 bits per heavy atom. The molecule has 1 saturated heterocycles. The third-order valence-electron chi connectivity index (χ3n) is 7.46. The van der Waals surface area contributed by atoms with Gasteiger partial charge in [0.25, 0.3) is 5.91 Å². The van der Waals surface area contributed by atoms with Crippen LogP contribution in [-0.4, -0.2) is 48.0 Å². The fourth-order valence-corrected chi connectivity index (χ4v) is 5.16. The molecule has 3 aromatic carbocycles. The van der Waals surface area contributed by atoms with Crippen molar-refractivity contribution >= 4 is 28.9 Å². The van der Waals surface area contributed by atoms with Gasteiger partial charge in [0.15, 0.2) is 5.58 Å². The molecule has 0 bridgehead atoms. The van der Waals surface area contributed by atoms with Crippen LogP contribution in [0.1, 0.15) is 41.3 Å². The molecule has 6 rings (SSSR count). The quantitative estimate of drug-likeness (QED) is 0.199. The SMILES string of the molecule is CC(C)c1cc(C#N)cc2nc(-c3ccc(C(=O)NC[C@H]4CN(c5ccc(-c6ccccc6OCF)cn5)C(=O)O4)cc3)oc12. The maximum atomic E-state index is 12.9. The van der Waals surface area contributed by atoms with E-state index in [1.54, 1.807) is 66.9 Å². The van der Waals surface area contributed by atoms with Crippen molar-refractivity contribution in [2.75, 3.05) is 24.9 Å². The molecular formula is C34H28FN5O5. The number of cyclic esters (lactones) is 1. The van der Waals surface area contributed by atoms with Crippen molar-refractivity contribution in [3.05, 3.63) is 95.7 Å². The number of alkyl halides is 1. The molecule has 1 aliphatic rings. The number of nitrogens with one attached hydrogen (secondary N) is 1. The third-order valence-corrected chi connectivity index (χ3v) is 7.46. The van der Waals surface area contributed by atoms with Gasteiger partial charge < -0.3 is 19.2 Å². The molecule has 2 aromatic heterocycles. The number of halogens is 1. The highest BCUT2D eigenvalue weighted by molar-refractivity contribution is 5.95. The summed E-state index contributed by atoms with van der Waals surface area (Å²) in [5.41, 5.74) is 5.16. The highest BCUT2D eigenvalue weighted by Gasteiger charge is 2.33. The average Bonchev–Trinajstić information content (AvgIpc) is 3.67. The Bertz CT molecular complexity index is 1910. The number of carbonyl (C=O) groups excluding carboxylic acids is 2. The predicted octanol–water partition coefficient (Wildman–Crippen LogP) is 6.61. The first-order valence-electron chi connectivity index (χ1n) is 14.3. The van der Waals surface area contributed by atoms with Crippen molar-refractivity contribution in [3.8, 4) is 34.4 Å². The van der Waals surface area contributed by atoms with Crippen molar-refractivity contribution < 1.29 is 27.9 Å². The first kappa shape index (κ1) is 29.3. The molecule has 0 spiro atoms. The van der Waals surface area contributed by atoms with Crippen LogP contribution in [0, 0.1) is 11.3 Å². The van der Waals surface area contributed by atoms with Gasteiger partial charge in [-0.3, -0.25) is 9.69 Å². The van der Waals surface area contributed by atoms with Crippen LogP contribution in [-0.2, 0) is 4.74 Å². The van der Waals surface area contributed by atoms with Crippen molar-refractivity contribution in [2.24, 2.45) is 0 Å². The maximum absolute atomic E-state index is 12.9. The first-order valence-corrected chi connectivity index (χ1v) is 14.3. The van der Waals surface area contributed by atoms with Gasteiger partial charge >= 0.3 is 6.09 Å². The molecule has 1 atom stereocenters. The van der Waals surface area contributed by atoms with Gasteiger partial charge in [-0.25, -0.2) is 19.2 Å². The highest BCUT2D eigenvalue weighted by atomic mass is 19.1. The van der Waals surface area contributed by atoms with Gasteiger partial charge in [-0.1, -0.05) is 32.0 Å². The van der Waals surface area contributed by atoms with Gasteiger partial charge in [-0.2, -0.15) is 5.26 Å². The Kier molecular flexibility index (Phi) is 8.12. The zero-order chi connectivity index (χ0) is 31.5. The van der Waals surface area contributed by atoms with E-state index in [-0.39, 0.29) is 24.9 Å². The lowest BCUT2D eigenvalue weighted by Crippen LogP contribution is -2.34. The molecule has 11 heteroatoms. The Labute approximate surface area is 258 Å². The molecule has 226 valence electrons. The second kappa shape index (κ2) is 12.5. The van der Waals surface area contributed by atoms with Crippen LogP contribution >= 0.6 is 0 Å². The number of para-hydroxylation sites is 1. The molecule has 1 N–H and O–H groups in total. The van der Waals surface area contributed by atoms with Crippen LogP contribution < -0.4 is 15.0 Å². The molecule has 3 heterocycles. The number of hydrogen-bond acceptors (Lipinski definition) is 8. The summed E-state index contributed by atoms with van der Waals surface area (Å²) < 4.78 is 29.3. The minimum absolute atomic E-state index is 0.110. The topological polar surface area (TPSA) is 131 Å². The van der Waals surface area contributed by atoms with Crippen LogP contribution in [0.15, 0.2) is 83.4 Å². The summed E-state index contributed by atoms with van der Waals surface area (Å²) in [4.78, 5) is 35.8. The van der Waals surface area contributed by atoms with E-state index in [0.717, 1.165) is 5.56 Å². The summed E-state index contributed by atoms with van der Waals surface area (Å²) in [6, 6.07) is 23.0. The normalized spacial score (nSPS) is 14.4. The van der Waals surface area contributed by atoms with Crippen molar-refractivity contribution in [3.63, 3.8) is 0 Å². The van der Waals surface area contributed by atoms with E-state index < -0.39 is 19.1 Å². The number of nitrogens with zero attached hydrogens (tertiary/aromatic N) is 4. The number of hydrogen-bond donors (Lipinski definition) is 1. The zero-order valence-electron chi connectivity index (χ0n) is 24.5. The standard InChI is InChI=1S/C34H28FN5O5/c1-20(2)27-13-21(15-36)14-28-31(27)45-33(39-28)23-9-7-22(8-10-23)32(41)38-17-25-18-40(34(42)44-25)30-12-11-24(16-37-30)26-5-3-4-6-29(26)43-19-35/h3-14,16,20,25H,17-19H2,1-2H3,(H,38,41)/t25-/m0/s1. The van der Waals surface area contributed by atoms with E-state index >= 15 is 0 Å². The average molecular weight is 606 g/mol. The Morgan fingerprint density at radius 3 is 2.62 bits per heavy atom. The zero-order valence-corrected chi connectivity index (χ0v) is 24.5. The number of rotatable bonds is 9. The number of aromatic nitrogens is 2. The summed E-state index contributed by atoms with van der Waals surface area (Å²) >= 11 is 0. The minimum Gasteiger partial charge on any atom is -0.462 e. The maximum Gasteiger partial charge on any atom is 0.416 e. The summed E-state index contributed by atoms with van der Waals surface area (Å²) in [7, 11) is 0. The molecule has 5 aromatic rings. The van der Waals surface area contributed by atoms with E-state index in [4.69, 9.17) is 13.9 Å². The lowest BCUT2D eigenvalue weighted by Gasteiger charge is -2.13. The number of ether oxygens (including phenoxy) is 2. The Balaban J connectivity index is 1.08. The molecule has 2 amide bonds. The van der Waals surface area contributed by atoms with E-state index in [2.05, 4.69) is 21.4 Å². The second-order valence-electron chi connectivity index (χ2n) is 10.8. The lowest BCUT2D eigenvalue weighted by molar-refractivity contribution is 0.0916. The molecule has 1 aliphatic heterocycles. The number of pyridine rings is 1. The monoisotopic (exact) mass is 605 g/mol. The van der Waals surface area contributed by atoms with Crippen LogP contribution in [0.2, 0.25) is 0 Å². The molecule has 0 saturated carbocycles. The van der Waals surface area contributed by atoms with Crippen LogP contribution in [0.3, 0.4) is 0 Å². The van der Waals surface area contributed by atoms with Crippen LogP contribution in [0.5, 0.6) is 5.75 Å². The van der Waals surface area contributed by atoms with Crippen molar-refractivity contribution in [1.29, 1.82) is 5.26 Å².